The Labute approximate surface area is 163 Å². The number of aryl methyl sites for hydroxylation is 2. The maximum Gasteiger partial charge on any atom is 0.328 e. The van der Waals surface area contributed by atoms with Gasteiger partial charge in [0.2, 0.25) is 5.91 Å². The van der Waals surface area contributed by atoms with Crippen molar-refractivity contribution in [3.05, 3.63) is 73.0 Å². The van der Waals surface area contributed by atoms with Crippen LogP contribution in [0.1, 0.15) is 17.0 Å². The van der Waals surface area contributed by atoms with Crippen LogP contribution in [0.5, 0.6) is 0 Å². The number of aromatic amines is 1. The highest BCUT2D eigenvalue weighted by Gasteiger charge is 2.12. The Morgan fingerprint density at radius 3 is 2.81 bits per heavy atom. The van der Waals surface area contributed by atoms with Crippen LogP contribution >= 0.6 is 22.9 Å². The first kappa shape index (κ1) is 19.1. The van der Waals surface area contributed by atoms with Gasteiger partial charge in [-0.3, -0.25) is 14.6 Å². The Balaban J connectivity index is 1.60. The number of hydrogen-bond acceptors (Lipinski definition) is 5. The van der Waals surface area contributed by atoms with Gasteiger partial charge in [-0.2, -0.15) is 0 Å². The van der Waals surface area contributed by atoms with Crippen LogP contribution in [-0.2, 0) is 17.9 Å². The van der Waals surface area contributed by atoms with Crippen molar-refractivity contribution >= 4 is 28.8 Å². The predicted octanol–water partition coefficient (Wildman–Crippen LogP) is 2.33. The van der Waals surface area contributed by atoms with Crippen LogP contribution in [0, 0.1) is 6.92 Å². The van der Waals surface area contributed by atoms with E-state index >= 15 is 0 Å². The molecule has 2 N–H and O–H groups in total. The molecular weight excluding hydrogens is 388 g/mol. The van der Waals surface area contributed by atoms with Crippen LogP contribution in [0.2, 0.25) is 5.02 Å². The molecule has 2 aromatic heterocycles. The molecule has 0 spiro atoms. The van der Waals surface area contributed by atoms with Crippen molar-refractivity contribution in [3.8, 4) is 10.6 Å². The second-order valence-corrected chi connectivity index (χ2v) is 7.33. The Kier molecular flexibility index (Phi) is 5.88. The van der Waals surface area contributed by atoms with Crippen molar-refractivity contribution < 1.29 is 4.79 Å². The summed E-state index contributed by atoms with van der Waals surface area (Å²) in [5, 5.41) is 4.27. The third-order valence-electron chi connectivity index (χ3n) is 3.92. The second-order valence-electron chi connectivity index (χ2n) is 5.84. The van der Waals surface area contributed by atoms with E-state index in [2.05, 4.69) is 15.3 Å². The van der Waals surface area contributed by atoms with E-state index in [9.17, 15) is 14.4 Å². The summed E-state index contributed by atoms with van der Waals surface area (Å²) in [6.45, 7) is 2.43. The van der Waals surface area contributed by atoms with Crippen LogP contribution in [0.25, 0.3) is 10.6 Å². The molecule has 0 aliphatic carbocycles. The Hall–Kier alpha value is -2.71. The Morgan fingerprint density at radius 2 is 2.07 bits per heavy atom. The molecule has 0 aliphatic heterocycles. The lowest BCUT2D eigenvalue weighted by atomic mass is 10.2. The van der Waals surface area contributed by atoms with Gasteiger partial charge in [0.15, 0.2) is 0 Å². The summed E-state index contributed by atoms with van der Waals surface area (Å²) in [6, 6.07) is 8.73. The van der Waals surface area contributed by atoms with E-state index in [1.54, 1.807) is 0 Å². The van der Waals surface area contributed by atoms with Crippen molar-refractivity contribution in [1.82, 2.24) is 19.9 Å². The summed E-state index contributed by atoms with van der Waals surface area (Å²) in [6.07, 6.45) is 1.50. The SMILES string of the molecule is Cc1nc(-c2ccccc2Cl)sc1CNC(=O)CCn1ccc(=O)[nH]c1=O. The normalized spacial score (nSPS) is 10.7. The predicted molar refractivity (Wildman–Crippen MR) is 105 cm³/mol. The molecule has 3 aromatic rings. The van der Waals surface area contributed by atoms with Gasteiger partial charge in [-0.05, 0) is 13.0 Å². The standard InChI is InChI=1S/C18H17ClN4O3S/c1-11-14(27-17(21-11)12-4-2-3-5-13(12)19)10-20-15(24)6-8-23-9-7-16(25)22-18(23)26/h2-5,7,9H,6,8,10H2,1H3,(H,20,24)(H,22,25,26). The molecule has 0 saturated heterocycles. The van der Waals surface area contributed by atoms with E-state index in [1.165, 1.54) is 28.2 Å². The largest absolute Gasteiger partial charge is 0.351 e. The number of rotatable bonds is 6. The van der Waals surface area contributed by atoms with Crippen LogP contribution in [-0.4, -0.2) is 20.4 Å². The van der Waals surface area contributed by atoms with Gasteiger partial charge in [-0.1, -0.05) is 29.8 Å². The molecule has 3 rings (SSSR count). The maximum absolute atomic E-state index is 12.1. The second kappa shape index (κ2) is 8.32. The molecule has 0 aliphatic rings. The molecule has 7 nitrogen and oxygen atoms in total. The smallest absolute Gasteiger partial charge is 0.328 e. The summed E-state index contributed by atoms with van der Waals surface area (Å²) < 4.78 is 1.29. The fourth-order valence-electron chi connectivity index (χ4n) is 2.45. The van der Waals surface area contributed by atoms with Crippen LogP contribution in [0.15, 0.2) is 46.1 Å². The molecule has 1 aromatic carbocycles. The van der Waals surface area contributed by atoms with E-state index < -0.39 is 11.2 Å². The fraction of sp³-hybridized carbons (Fsp3) is 0.222. The molecule has 0 unspecified atom stereocenters. The van der Waals surface area contributed by atoms with Gasteiger partial charge in [0.1, 0.15) is 5.01 Å². The summed E-state index contributed by atoms with van der Waals surface area (Å²) in [5.41, 5.74) is 0.711. The van der Waals surface area contributed by atoms with Crippen molar-refractivity contribution in [2.45, 2.75) is 26.4 Å². The number of amides is 1. The lowest BCUT2D eigenvalue weighted by molar-refractivity contribution is -0.121. The first-order valence-electron chi connectivity index (χ1n) is 8.21. The number of halogens is 1. The van der Waals surface area contributed by atoms with Gasteiger partial charge in [-0.15, -0.1) is 11.3 Å². The Bertz CT molecular complexity index is 1090. The number of carbonyl (C=O) groups excluding carboxylic acids is 1. The molecule has 0 bridgehead atoms. The summed E-state index contributed by atoms with van der Waals surface area (Å²) in [7, 11) is 0. The fourth-order valence-corrected chi connectivity index (χ4v) is 3.77. The number of benzene rings is 1. The zero-order chi connectivity index (χ0) is 19.4. The minimum absolute atomic E-state index is 0.126. The quantitative estimate of drug-likeness (QED) is 0.658. The number of thiazole rings is 1. The lowest BCUT2D eigenvalue weighted by Crippen LogP contribution is -2.31. The number of nitrogens with one attached hydrogen (secondary N) is 2. The number of carbonyl (C=O) groups is 1. The third kappa shape index (κ3) is 4.72. The number of hydrogen-bond donors (Lipinski definition) is 2. The number of H-pyrrole nitrogens is 1. The van der Waals surface area contributed by atoms with Gasteiger partial charge >= 0.3 is 5.69 Å². The zero-order valence-electron chi connectivity index (χ0n) is 14.5. The van der Waals surface area contributed by atoms with E-state index in [1.807, 2.05) is 31.2 Å². The van der Waals surface area contributed by atoms with E-state index in [0.29, 0.717) is 11.6 Å². The minimum Gasteiger partial charge on any atom is -0.351 e. The first-order chi connectivity index (χ1) is 12.9. The average Bonchev–Trinajstić information content (AvgIpc) is 3.00. The van der Waals surface area contributed by atoms with E-state index in [4.69, 9.17) is 11.6 Å². The van der Waals surface area contributed by atoms with Gasteiger partial charge in [0, 0.05) is 35.7 Å². The highest BCUT2D eigenvalue weighted by atomic mass is 35.5. The number of nitrogens with zero attached hydrogens (tertiary/aromatic N) is 2. The van der Waals surface area contributed by atoms with Crippen molar-refractivity contribution in [3.63, 3.8) is 0 Å². The van der Waals surface area contributed by atoms with Gasteiger partial charge in [-0.25, -0.2) is 9.78 Å². The zero-order valence-corrected chi connectivity index (χ0v) is 16.1. The van der Waals surface area contributed by atoms with Gasteiger partial charge < -0.3 is 9.88 Å². The molecule has 0 fully saturated rings. The molecule has 2 heterocycles. The van der Waals surface area contributed by atoms with E-state index in [0.717, 1.165) is 21.1 Å². The summed E-state index contributed by atoms with van der Waals surface area (Å²) in [4.78, 5) is 42.3. The topological polar surface area (TPSA) is 96.8 Å². The van der Waals surface area contributed by atoms with Gasteiger partial charge in [0.05, 0.1) is 17.3 Å². The molecule has 27 heavy (non-hydrogen) atoms. The Morgan fingerprint density at radius 1 is 1.30 bits per heavy atom. The third-order valence-corrected chi connectivity index (χ3v) is 5.44. The molecule has 0 atom stereocenters. The molecule has 140 valence electrons. The van der Waals surface area contributed by atoms with Crippen molar-refractivity contribution in [1.29, 1.82) is 0 Å². The highest BCUT2D eigenvalue weighted by molar-refractivity contribution is 7.15. The molecule has 0 saturated carbocycles. The van der Waals surface area contributed by atoms with Crippen LogP contribution in [0.3, 0.4) is 0 Å². The monoisotopic (exact) mass is 404 g/mol. The lowest BCUT2D eigenvalue weighted by Gasteiger charge is -2.06. The van der Waals surface area contributed by atoms with Crippen LogP contribution in [0.4, 0.5) is 0 Å². The summed E-state index contributed by atoms with van der Waals surface area (Å²) >= 11 is 7.70. The van der Waals surface area contributed by atoms with Crippen molar-refractivity contribution in [2.75, 3.05) is 0 Å². The number of aromatic nitrogens is 3. The van der Waals surface area contributed by atoms with Crippen molar-refractivity contribution in [2.24, 2.45) is 0 Å². The summed E-state index contributed by atoms with van der Waals surface area (Å²) in [5.74, 6) is -0.194. The maximum atomic E-state index is 12.1. The molecular formula is C18H17ClN4O3S. The van der Waals surface area contributed by atoms with Crippen LogP contribution < -0.4 is 16.6 Å². The molecule has 1 amide bonds. The first-order valence-corrected chi connectivity index (χ1v) is 9.41. The molecule has 9 heteroatoms. The van der Waals surface area contributed by atoms with Gasteiger partial charge in [0.25, 0.3) is 5.56 Å². The minimum atomic E-state index is -0.530. The average molecular weight is 405 g/mol. The van der Waals surface area contributed by atoms with E-state index in [-0.39, 0.29) is 18.9 Å². The highest BCUT2D eigenvalue weighted by Crippen LogP contribution is 2.32. The molecule has 0 radical (unpaired) electrons.